The zero-order chi connectivity index (χ0) is 20.0. The molecule has 1 heterocycles. The molecular weight excluding hydrogens is 380 g/mol. The number of phenolic OH excluding ortho intramolecular Hbond substituents is 1. The van der Waals surface area contributed by atoms with Crippen molar-refractivity contribution in [2.24, 2.45) is 0 Å². The van der Waals surface area contributed by atoms with Crippen LogP contribution in [0.1, 0.15) is 11.1 Å². The highest BCUT2D eigenvalue weighted by molar-refractivity contribution is 5.56. The highest BCUT2D eigenvalue weighted by Gasteiger charge is 2.35. The Morgan fingerprint density at radius 3 is 2.11 bits per heavy atom. The van der Waals surface area contributed by atoms with Crippen LogP contribution in [0.25, 0.3) is 17.1 Å². The molecule has 5 nitrogen and oxygen atoms in total. The largest absolute Gasteiger partial charge is 0.508 e. The quantitative estimate of drug-likeness (QED) is 0.652. The Kier molecular flexibility index (Phi) is 4.25. The predicted octanol–water partition coefficient (Wildman–Crippen LogP) is 3.97. The Morgan fingerprint density at radius 2 is 1.56 bits per heavy atom. The zero-order valence-corrected chi connectivity index (χ0v) is 13.1. The fourth-order valence-corrected chi connectivity index (χ4v) is 2.37. The first kappa shape index (κ1) is 18.5. The van der Waals surface area contributed by atoms with Gasteiger partial charge in [0.2, 0.25) is 0 Å². The molecule has 2 aromatic carbocycles. The Balaban J connectivity index is 2.08. The number of nitrogens with zero attached hydrogens (tertiary/aromatic N) is 2. The number of aromatic hydroxyl groups is 1. The summed E-state index contributed by atoms with van der Waals surface area (Å²) in [6, 6.07) is 5.83. The van der Waals surface area contributed by atoms with Crippen molar-refractivity contribution >= 4 is 0 Å². The molecule has 0 unspecified atom stereocenters. The zero-order valence-electron chi connectivity index (χ0n) is 13.1. The maximum atomic E-state index is 13.2. The molecule has 0 atom stereocenters. The molecule has 11 heteroatoms. The van der Waals surface area contributed by atoms with E-state index >= 15 is 0 Å². The van der Waals surface area contributed by atoms with Gasteiger partial charge in [-0.25, -0.2) is 4.79 Å². The standard InChI is InChI=1S/C16H9F6N3O2/c17-15(18,19)9-3-1-8(2-4-9)13-23-14(27)25(24-13)12-6-5-10(26)7-11(12)16(20,21)22/h1-7,26H,(H,23,24,27). The first-order valence-corrected chi connectivity index (χ1v) is 7.24. The first-order chi connectivity index (χ1) is 12.5. The van der Waals surface area contributed by atoms with Gasteiger partial charge in [0.05, 0.1) is 16.8 Å². The van der Waals surface area contributed by atoms with E-state index in [1.54, 1.807) is 0 Å². The smallest absolute Gasteiger partial charge is 0.418 e. The molecule has 142 valence electrons. The van der Waals surface area contributed by atoms with Gasteiger partial charge in [0.1, 0.15) is 5.75 Å². The Labute approximate surface area is 146 Å². The third-order valence-electron chi connectivity index (χ3n) is 3.62. The molecule has 1 aromatic heterocycles. The van der Waals surface area contributed by atoms with E-state index in [1.165, 1.54) is 0 Å². The maximum absolute atomic E-state index is 13.2. The number of alkyl halides is 6. The number of rotatable bonds is 2. The van der Waals surface area contributed by atoms with Crippen molar-refractivity contribution in [2.45, 2.75) is 12.4 Å². The number of hydrogen-bond acceptors (Lipinski definition) is 3. The summed E-state index contributed by atoms with van der Waals surface area (Å²) in [6.07, 6.45) is -9.43. The molecule has 0 saturated carbocycles. The minimum atomic E-state index is -4.87. The normalized spacial score (nSPS) is 12.4. The first-order valence-electron chi connectivity index (χ1n) is 7.24. The SMILES string of the molecule is O=c1[nH]c(-c2ccc(C(F)(F)F)cc2)nn1-c1ccc(O)cc1C(F)(F)F. The Bertz CT molecular complexity index is 1030. The number of aromatic nitrogens is 3. The van der Waals surface area contributed by atoms with E-state index < -0.39 is 40.6 Å². The van der Waals surface area contributed by atoms with Gasteiger partial charge in [-0.05, 0) is 30.3 Å². The van der Waals surface area contributed by atoms with Crippen molar-refractivity contribution in [3.05, 3.63) is 64.1 Å². The molecule has 3 aromatic rings. The van der Waals surface area contributed by atoms with E-state index in [2.05, 4.69) is 10.1 Å². The van der Waals surface area contributed by atoms with Gasteiger partial charge in [-0.2, -0.15) is 31.0 Å². The van der Waals surface area contributed by atoms with Crippen LogP contribution >= 0.6 is 0 Å². The summed E-state index contributed by atoms with van der Waals surface area (Å²) < 4.78 is 77.7. The van der Waals surface area contributed by atoms with Crippen molar-refractivity contribution in [1.29, 1.82) is 0 Å². The van der Waals surface area contributed by atoms with Crippen LogP contribution < -0.4 is 5.69 Å². The molecule has 0 aliphatic heterocycles. The van der Waals surface area contributed by atoms with E-state index in [4.69, 9.17) is 0 Å². The highest BCUT2D eigenvalue weighted by atomic mass is 19.4. The molecule has 3 rings (SSSR count). The Morgan fingerprint density at radius 1 is 0.926 bits per heavy atom. The molecule has 0 saturated heterocycles. The average Bonchev–Trinajstić information content (AvgIpc) is 2.95. The van der Waals surface area contributed by atoms with Crippen molar-refractivity contribution < 1.29 is 31.4 Å². The lowest BCUT2D eigenvalue weighted by Gasteiger charge is -2.12. The van der Waals surface area contributed by atoms with Crippen molar-refractivity contribution in [3.8, 4) is 22.8 Å². The van der Waals surface area contributed by atoms with Crippen molar-refractivity contribution in [3.63, 3.8) is 0 Å². The number of H-pyrrole nitrogens is 1. The topological polar surface area (TPSA) is 70.9 Å². The molecule has 0 bridgehead atoms. The lowest BCUT2D eigenvalue weighted by atomic mass is 10.1. The van der Waals surface area contributed by atoms with E-state index in [0.717, 1.165) is 36.4 Å². The van der Waals surface area contributed by atoms with Crippen LogP contribution in [0.15, 0.2) is 47.3 Å². The Hall–Kier alpha value is -3.24. The van der Waals surface area contributed by atoms with Crippen LogP contribution in [0.2, 0.25) is 0 Å². The van der Waals surface area contributed by atoms with Crippen LogP contribution in [-0.2, 0) is 12.4 Å². The molecule has 0 aliphatic carbocycles. The second kappa shape index (κ2) is 6.18. The minimum Gasteiger partial charge on any atom is -0.508 e. The summed E-state index contributed by atoms with van der Waals surface area (Å²) in [7, 11) is 0. The van der Waals surface area contributed by atoms with Gasteiger partial charge >= 0.3 is 18.0 Å². The number of nitrogens with one attached hydrogen (secondary N) is 1. The summed E-state index contributed by atoms with van der Waals surface area (Å²) in [4.78, 5) is 14.2. The lowest BCUT2D eigenvalue weighted by molar-refractivity contribution is -0.138. The number of aromatic amines is 1. The van der Waals surface area contributed by atoms with Crippen LogP contribution in [0.4, 0.5) is 26.3 Å². The van der Waals surface area contributed by atoms with Gasteiger partial charge in [-0.3, -0.25) is 4.98 Å². The molecule has 0 amide bonds. The second-order valence-electron chi connectivity index (χ2n) is 5.46. The van der Waals surface area contributed by atoms with Gasteiger partial charge in [0.25, 0.3) is 0 Å². The molecular formula is C16H9F6N3O2. The monoisotopic (exact) mass is 389 g/mol. The summed E-state index contributed by atoms with van der Waals surface area (Å²) in [6.45, 7) is 0. The van der Waals surface area contributed by atoms with Gasteiger partial charge in [-0.15, -0.1) is 5.10 Å². The van der Waals surface area contributed by atoms with Crippen LogP contribution in [-0.4, -0.2) is 19.9 Å². The molecule has 0 fully saturated rings. The highest BCUT2D eigenvalue weighted by Crippen LogP contribution is 2.35. The number of halogens is 6. The van der Waals surface area contributed by atoms with E-state index in [9.17, 15) is 36.2 Å². The van der Waals surface area contributed by atoms with E-state index in [-0.39, 0.29) is 11.4 Å². The average molecular weight is 389 g/mol. The number of phenols is 1. The lowest BCUT2D eigenvalue weighted by Crippen LogP contribution is -2.20. The van der Waals surface area contributed by atoms with Crippen LogP contribution in [0.3, 0.4) is 0 Å². The second-order valence-corrected chi connectivity index (χ2v) is 5.46. The summed E-state index contributed by atoms with van der Waals surface area (Å²) in [5.74, 6) is -0.868. The van der Waals surface area contributed by atoms with E-state index in [0.29, 0.717) is 10.7 Å². The molecule has 0 spiro atoms. The number of hydrogen-bond donors (Lipinski definition) is 2. The fourth-order valence-electron chi connectivity index (χ4n) is 2.37. The van der Waals surface area contributed by atoms with Crippen LogP contribution in [0.5, 0.6) is 5.75 Å². The third kappa shape index (κ3) is 3.66. The van der Waals surface area contributed by atoms with Crippen molar-refractivity contribution in [2.75, 3.05) is 0 Å². The fraction of sp³-hybridized carbons (Fsp3) is 0.125. The molecule has 27 heavy (non-hydrogen) atoms. The van der Waals surface area contributed by atoms with Gasteiger partial charge in [-0.1, -0.05) is 12.1 Å². The summed E-state index contributed by atoms with van der Waals surface area (Å²) in [5, 5.41) is 13.0. The molecule has 0 radical (unpaired) electrons. The third-order valence-corrected chi connectivity index (χ3v) is 3.62. The van der Waals surface area contributed by atoms with Crippen LogP contribution in [0, 0.1) is 0 Å². The molecule has 2 N–H and O–H groups in total. The molecule has 0 aliphatic rings. The van der Waals surface area contributed by atoms with Crippen molar-refractivity contribution in [1.82, 2.24) is 14.8 Å². The van der Waals surface area contributed by atoms with Gasteiger partial charge < -0.3 is 5.11 Å². The van der Waals surface area contributed by atoms with Gasteiger partial charge in [0, 0.05) is 5.56 Å². The minimum absolute atomic E-state index is 0.0752. The maximum Gasteiger partial charge on any atom is 0.418 e. The predicted molar refractivity (Wildman–Crippen MR) is 81.3 cm³/mol. The van der Waals surface area contributed by atoms with Gasteiger partial charge in [0.15, 0.2) is 5.82 Å². The summed E-state index contributed by atoms with van der Waals surface area (Å²) in [5.41, 5.74) is -3.81. The van der Waals surface area contributed by atoms with E-state index in [1.807, 2.05) is 0 Å². The number of benzene rings is 2. The summed E-state index contributed by atoms with van der Waals surface area (Å²) >= 11 is 0.